The topological polar surface area (TPSA) is 52.9 Å². The lowest BCUT2D eigenvalue weighted by Gasteiger charge is -2.13. The van der Waals surface area contributed by atoms with Gasteiger partial charge in [0.05, 0.1) is 28.6 Å². The lowest BCUT2D eigenvalue weighted by atomic mass is 9.99. The third-order valence-electron chi connectivity index (χ3n) is 11.0. The van der Waals surface area contributed by atoms with Crippen molar-refractivity contribution >= 4 is 49.3 Å². The van der Waals surface area contributed by atoms with E-state index in [1.54, 1.807) is 0 Å². The Morgan fingerprint density at radius 1 is 0.362 bits per heavy atom. The van der Waals surface area contributed by atoms with Gasteiger partial charge in [0.1, 0.15) is 0 Å². The molecule has 6 nitrogen and oxygen atoms in total. The van der Waals surface area contributed by atoms with E-state index in [2.05, 4.69) is 129 Å². The number of fused-ring (bicyclic) bond motifs is 7. The zero-order chi connectivity index (χ0) is 38.6. The van der Waals surface area contributed by atoms with E-state index in [4.69, 9.17) is 21.5 Å². The maximum absolute atomic E-state index is 8.39. The van der Waals surface area contributed by atoms with Crippen LogP contribution < -0.4 is 0 Å². The molecule has 0 spiro atoms. The first-order valence-electron chi connectivity index (χ1n) is 19.2. The van der Waals surface area contributed by atoms with Gasteiger partial charge in [-0.25, -0.2) is 19.8 Å². The Morgan fingerprint density at radius 2 is 0.810 bits per heavy atom. The van der Waals surface area contributed by atoms with E-state index in [9.17, 15) is 0 Å². The van der Waals surface area contributed by atoms with Gasteiger partial charge in [0.2, 0.25) is 0 Å². The summed E-state index contributed by atoms with van der Waals surface area (Å²) >= 11 is 0. The van der Waals surface area contributed by atoms with Crippen LogP contribution in [0.4, 0.5) is 5.69 Å². The Hall–Kier alpha value is -8.14. The van der Waals surface area contributed by atoms with E-state index < -0.39 is 0 Å². The zero-order valence-electron chi connectivity index (χ0n) is 31.2. The minimum absolute atomic E-state index is 0.515. The van der Waals surface area contributed by atoms with Gasteiger partial charge < -0.3 is 9.13 Å². The van der Waals surface area contributed by atoms with Crippen molar-refractivity contribution in [2.45, 2.75) is 0 Å². The van der Waals surface area contributed by atoms with Crippen LogP contribution in [-0.4, -0.2) is 24.1 Å². The Kier molecular flexibility index (Phi) is 7.76. The molecule has 8 aromatic carbocycles. The molecule has 0 amide bonds. The normalized spacial score (nSPS) is 11.4. The van der Waals surface area contributed by atoms with Crippen molar-refractivity contribution < 1.29 is 0 Å². The van der Waals surface area contributed by atoms with Crippen LogP contribution >= 0.6 is 0 Å². The Labute approximate surface area is 334 Å². The number of benzene rings is 8. The number of hydrogen-bond donors (Lipinski definition) is 0. The van der Waals surface area contributed by atoms with Crippen LogP contribution in [-0.2, 0) is 0 Å². The molecule has 58 heavy (non-hydrogen) atoms. The first-order valence-corrected chi connectivity index (χ1v) is 19.2. The van der Waals surface area contributed by atoms with Crippen molar-refractivity contribution in [2.75, 3.05) is 0 Å². The molecule has 3 heterocycles. The molecule has 0 radical (unpaired) electrons. The smallest absolute Gasteiger partial charge is 0.195 e. The van der Waals surface area contributed by atoms with Gasteiger partial charge in [-0.05, 0) is 53.6 Å². The number of nitrogens with zero attached hydrogens (tertiary/aromatic N) is 6. The first-order chi connectivity index (χ1) is 28.7. The van der Waals surface area contributed by atoms with Crippen molar-refractivity contribution in [1.29, 1.82) is 0 Å². The fourth-order valence-electron chi connectivity index (χ4n) is 8.35. The number of para-hydroxylation sites is 3. The quantitative estimate of drug-likeness (QED) is 0.160. The van der Waals surface area contributed by atoms with Crippen LogP contribution in [0.5, 0.6) is 0 Å². The third-order valence-corrected chi connectivity index (χ3v) is 11.0. The second-order valence-corrected chi connectivity index (χ2v) is 14.3. The van der Waals surface area contributed by atoms with Crippen LogP contribution in [0.2, 0.25) is 0 Å². The summed E-state index contributed by atoms with van der Waals surface area (Å²) in [7, 11) is 0. The second-order valence-electron chi connectivity index (χ2n) is 14.3. The van der Waals surface area contributed by atoms with Gasteiger partial charge in [0, 0.05) is 49.6 Å². The number of aromatic nitrogens is 5. The van der Waals surface area contributed by atoms with Crippen LogP contribution in [0.25, 0.3) is 105 Å². The second kappa shape index (κ2) is 13.6. The molecular weight excluding hydrogens is 709 g/mol. The Bertz CT molecular complexity index is 3320. The lowest BCUT2D eigenvalue weighted by Crippen LogP contribution is -2.00. The highest BCUT2D eigenvalue weighted by Gasteiger charge is 2.22. The summed E-state index contributed by atoms with van der Waals surface area (Å²) in [5, 5.41) is 4.71. The average molecular weight is 741 g/mol. The van der Waals surface area contributed by atoms with E-state index in [1.807, 2.05) is 78.9 Å². The summed E-state index contributed by atoms with van der Waals surface area (Å²) in [5.74, 6) is 1.68. The SMILES string of the molecule is [C-]#[N+]c1cc(-c2nc(-c3ccccc3)nc(-c3ccccc3)n2)ccc1-c1ccc2c3ccc4c5ccccc5n(-c5ccccc5)c4c3n(-c3ccccc3)c2c1. The van der Waals surface area contributed by atoms with Gasteiger partial charge in [-0.15, -0.1) is 0 Å². The minimum atomic E-state index is 0.515. The molecule has 0 aliphatic rings. The molecule has 0 bridgehead atoms. The van der Waals surface area contributed by atoms with Gasteiger partial charge in [0.15, 0.2) is 23.2 Å². The van der Waals surface area contributed by atoms with E-state index >= 15 is 0 Å². The predicted octanol–water partition coefficient (Wildman–Crippen LogP) is 13.3. The molecule has 270 valence electrons. The van der Waals surface area contributed by atoms with Gasteiger partial charge >= 0.3 is 0 Å². The average Bonchev–Trinajstić information content (AvgIpc) is 3.82. The first kappa shape index (κ1) is 33.2. The van der Waals surface area contributed by atoms with E-state index in [0.29, 0.717) is 23.2 Å². The van der Waals surface area contributed by atoms with Crippen molar-refractivity contribution in [1.82, 2.24) is 24.1 Å². The molecular formula is C52H32N6. The molecule has 3 aromatic heterocycles. The van der Waals surface area contributed by atoms with Gasteiger partial charge in [-0.3, -0.25) is 0 Å². The minimum Gasteiger partial charge on any atom is -0.307 e. The Balaban J connectivity index is 1.13. The number of rotatable bonds is 6. The largest absolute Gasteiger partial charge is 0.307 e. The molecule has 0 aliphatic heterocycles. The van der Waals surface area contributed by atoms with Gasteiger partial charge in [-0.1, -0.05) is 152 Å². The van der Waals surface area contributed by atoms with Crippen molar-refractivity contribution in [3.05, 3.63) is 206 Å². The molecule has 0 fully saturated rings. The van der Waals surface area contributed by atoms with Crippen molar-refractivity contribution in [3.8, 4) is 56.7 Å². The molecule has 0 atom stereocenters. The van der Waals surface area contributed by atoms with Crippen molar-refractivity contribution in [3.63, 3.8) is 0 Å². The molecule has 11 rings (SSSR count). The van der Waals surface area contributed by atoms with Gasteiger partial charge in [0.25, 0.3) is 0 Å². The molecule has 0 aliphatic carbocycles. The summed E-state index contributed by atoms with van der Waals surface area (Å²) in [6, 6.07) is 66.8. The van der Waals surface area contributed by atoms with Crippen LogP contribution in [0, 0.1) is 6.57 Å². The highest BCUT2D eigenvalue weighted by Crippen LogP contribution is 2.43. The fourth-order valence-corrected chi connectivity index (χ4v) is 8.35. The summed E-state index contributed by atoms with van der Waals surface area (Å²) in [6.45, 7) is 8.39. The standard InChI is InChI=1S/C52H32N6/c1-53-45-32-37(52-55-50(34-16-6-2-7-17-34)54-51(56-52)35-18-8-3-9-19-35)27-28-40(45)36-26-29-42-44-31-30-43-41-24-14-15-25-46(41)57(38-20-10-4-11-21-38)48(43)49(44)58(47(42)33-36)39-22-12-5-13-23-39/h2-33H. The van der Waals surface area contributed by atoms with Crippen LogP contribution in [0.3, 0.4) is 0 Å². The lowest BCUT2D eigenvalue weighted by molar-refractivity contribution is 1.07. The molecule has 0 N–H and O–H groups in total. The maximum atomic E-state index is 8.39. The zero-order valence-corrected chi connectivity index (χ0v) is 31.2. The summed E-state index contributed by atoms with van der Waals surface area (Å²) < 4.78 is 4.79. The summed E-state index contributed by atoms with van der Waals surface area (Å²) in [6.07, 6.45) is 0. The Morgan fingerprint density at radius 3 is 1.38 bits per heavy atom. The highest BCUT2D eigenvalue weighted by molar-refractivity contribution is 6.24. The third kappa shape index (κ3) is 5.37. The van der Waals surface area contributed by atoms with E-state index in [1.165, 1.54) is 10.8 Å². The molecule has 11 aromatic rings. The van der Waals surface area contributed by atoms with E-state index in [0.717, 1.165) is 72.0 Å². The van der Waals surface area contributed by atoms with Crippen molar-refractivity contribution in [2.24, 2.45) is 0 Å². The predicted molar refractivity (Wildman–Crippen MR) is 237 cm³/mol. The molecule has 0 saturated heterocycles. The molecule has 0 unspecified atom stereocenters. The monoisotopic (exact) mass is 740 g/mol. The maximum Gasteiger partial charge on any atom is 0.195 e. The number of hydrogen-bond acceptors (Lipinski definition) is 3. The summed E-state index contributed by atoms with van der Waals surface area (Å²) in [4.78, 5) is 18.8. The van der Waals surface area contributed by atoms with Crippen LogP contribution in [0.1, 0.15) is 0 Å². The fraction of sp³-hybridized carbons (Fsp3) is 0. The molecule has 6 heteroatoms. The molecule has 0 saturated carbocycles. The summed E-state index contributed by atoms with van der Waals surface area (Å²) in [5.41, 5.74) is 11.6. The van der Waals surface area contributed by atoms with E-state index in [-0.39, 0.29) is 0 Å². The van der Waals surface area contributed by atoms with Gasteiger partial charge in [-0.2, -0.15) is 0 Å². The van der Waals surface area contributed by atoms with Crippen LogP contribution in [0.15, 0.2) is 194 Å². The highest BCUT2D eigenvalue weighted by atomic mass is 15.0.